The molecule has 0 saturated heterocycles. The Morgan fingerprint density at radius 3 is 2.73 bits per heavy atom. The van der Waals surface area contributed by atoms with E-state index in [2.05, 4.69) is 50.5 Å². The number of aryl methyl sites for hydroxylation is 1. The number of hydrogen-bond donors (Lipinski definition) is 1. The predicted octanol–water partition coefficient (Wildman–Crippen LogP) is 5.50. The molecule has 1 aromatic carbocycles. The molecule has 0 spiro atoms. The Hall–Kier alpha value is -2.29. The van der Waals surface area contributed by atoms with Crippen LogP contribution in [-0.2, 0) is 11.8 Å². The number of thiophene rings is 1. The van der Waals surface area contributed by atoms with E-state index in [1.807, 2.05) is 23.9 Å². The fourth-order valence-corrected chi connectivity index (χ4v) is 5.91. The zero-order valence-electron chi connectivity index (χ0n) is 16.8. The van der Waals surface area contributed by atoms with E-state index in [1.165, 1.54) is 0 Å². The van der Waals surface area contributed by atoms with Crippen molar-refractivity contribution in [2.45, 2.75) is 31.4 Å². The average Bonchev–Trinajstić information content (AvgIpc) is 3.46. The number of methoxy groups -OCH3 is 1. The predicted molar refractivity (Wildman–Crippen MR) is 125 cm³/mol. The molecule has 6 nitrogen and oxygen atoms in total. The number of aromatic nitrogens is 4. The molecule has 0 bridgehead atoms. The summed E-state index contributed by atoms with van der Waals surface area (Å²) >= 11 is 5.42. The highest BCUT2D eigenvalue weighted by Gasteiger charge is 2.27. The summed E-state index contributed by atoms with van der Waals surface area (Å²) < 4.78 is 8.57. The highest BCUT2D eigenvalue weighted by Crippen LogP contribution is 2.45. The third-order valence-electron chi connectivity index (χ3n) is 5.65. The number of nitrogens with one attached hydrogen (secondary N) is 1. The second-order valence-corrected chi connectivity index (χ2v) is 9.88. The smallest absolute Gasteiger partial charge is 0.199 e. The van der Waals surface area contributed by atoms with Crippen molar-refractivity contribution < 1.29 is 4.74 Å². The molecule has 154 valence electrons. The van der Waals surface area contributed by atoms with E-state index in [-0.39, 0.29) is 0 Å². The first-order valence-electron chi connectivity index (χ1n) is 9.96. The Morgan fingerprint density at radius 2 is 2.03 bits per heavy atom. The fraction of sp³-hybridized carbons (Fsp3) is 0.318. The maximum absolute atomic E-state index is 5.57. The van der Waals surface area contributed by atoms with Crippen LogP contribution in [-0.4, -0.2) is 38.8 Å². The topological polar surface area (TPSA) is 64.9 Å². The van der Waals surface area contributed by atoms with Gasteiger partial charge in [-0.25, -0.2) is 15.0 Å². The molecule has 3 aromatic heterocycles. The van der Waals surface area contributed by atoms with Gasteiger partial charge in [-0.05, 0) is 40.8 Å². The highest BCUT2D eigenvalue weighted by molar-refractivity contribution is 9.11. The summed E-state index contributed by atoms with van der Waals surface area (Å²) in [6, 6.07) is 10.7. The van der Waals surface area contributed by atoms with Crippen LogP contribution in [0.3, 0.4) is 0 Å². The van der Waals surface area contributed by atoms with Crippen LogP contribution in [0.2, 0.25) is 0 Å². The number of hydrogen-bond acceptors (Lipinski definition) is 6. The van der Waals surface area contributed by atoms with Crippen LogP contribution in [0.5, 0.6) is 0 Å². The van der Waals surface area contributed by atoms with E-state index >= 15 is 0 Å². The number of nitrogens with zero attached hydrogens (tertiary/aromatic N) is 4. The molecular formula is C22H22BrN5OS. The van der Waals surface area contributed by atoms with Crippen LogP contribution in [0.15, 0.2) is 46.5 Å². The molecule has 5 rings (SSSR count). The molecule has 0 radical (unpaired) electrons. The van der Waals surface area contributed by atoms with E-state index in [4.69, 9.17) is 14.7 Å². The van der Waals surface area contributed by atoms with E-state index in [1.54, 1.807) is 24.6 Å². The summed E-state index contributed by atoms with van der Waals surface area (Å²) in [6.45, 7) is 0. The largest absolute Gasteiger partial charge is 0.381 e. The van der Waals surface area contributed by atoms with Gasteiger partial charge in [0.25, 0.3) is 0 Å². The Balaban J connectivity index is 1.68. The number of ether oxygens (including phenoxy) is 1. The van der Waals surface area contributed by atoms with Crippen LogP contribution < -0.4 is 5.32 Å². The number of fused-ring (bicyclic) bond motifs is 1. The van der Waals surface area contributed by atoms with Gasteiger partial charge in [0, 0.05) is 38.2 Å². The maximum Gasteiger partial charge on any atom is 0.199 e. The molecule has 1 saturated carbocycles. The second kappa shape index (κ2) is 8.09. The van der Waals surface area contributed by atoms with Crippen LogP contribution in [0.25, 0.3) is 33.0 Å². The van der Waals surface area contributed by atoms with Gasteiger partial charge in [-0.1, -0.05) is 30.3 Å². The molecule has 0 unspecified atom stereocenters. The summed E-state index contributed by atoms with van der Waals surface area (Å²) in [5.74, 6) is 2.25. The summed E-state index contributed by atoms with van der Waals surface area (Å²) in [6.07, 6.45) is 7.09. The van der Waals surface area contributed by atoms with Crippen LogP contribution in [0.4, 0.5) is 5.82 Å². The molecular weight excluding hydrogens is 462 g/mol. The minimum Gasteiger partial charge on any atom is -0.381 e. The Labute approximate surface area is 187 Å². The molecule has 0 amide bonds. The quantitative estimate of drug-likeness (QED) is 0.405. The zero-order valence-corrected chi connectivity index (χ0v) is 19.2. The third kappa shape index (κ3) is 3.53. The van der Waals surface area contributed by atoms with Gasteiger partial charge in [-0.3, -0.25) is 0 Å². The lowest BCUT2D eigenvalue weighted by atomic mass is 10.1. The highest BCUT2D eigenvalue weighted by atomic mass is 79.9. The molecule has 1 fully saturated rings. The van der Waals surface area contributed by atoms with Gasteiger partial charge in [-0.2, -0.15) is 0 Å². The monoisotopic (exact) mass is 483 g/mol. The van der Waals surface area contributed by atoms with Gasteiger partial charge < -0.3 is 14.6 Å². The lowest BCUT2D eigenvalue weighted by Crippen LogP contribution is -2.18. The second-order valence-electron chi connectivity index (χ2n) is 7.57. The minimum absolute atomic E-state index is 0.302. The Kier molecular flexibility index (Phi) is 5.30. The van der Waals surface area contributed by atoms with Gasteiger partial charge in [0.05, 0.1) is 15.3 Å². The van der Waals surface area contributed by atoms with Crippen molar-refractivity contribution in [2.75, 3.05) is 12.4 Å². The molecule has 30 heavy (non-hydrogen) atoms. The third-order valence-corrected chi connectivity index (χ3v) is 7.41. The molecule has 1 N–H and O–H groups in total. The van der Waals surface area contributed by atoms with Gasteiger partial charge in [0.1, 0.15) is 10.6 Å². The SMILES string of the molecule is CO[C@@H]1CC[C@H](Nc2nc(-c3nccn3C)nc3sc(Br)c(-c4ccccc4)c23)C1. The van der Waals surface area contributed by atoms with Crippen LogP contribution >= 0.6 is 27.3 Å². The van der Waals surface area contributed by atoms with Crippen molar-refractivity contribution in [1.82, 2.24) is 19.5 Å². The van der Waals surface area contributed by atoms with E-state index in [0.717, 1.165) is 56.0 Å². The van der Waals surface area contributed by atoms with E-state index in [0.29, 0.717) is 18.0 Å². The normalized spacial score (nSPS) is 18.9. The lowest BCUT2D eigenvalue weighted by molar-refractivity contribution is 0.108. The van der Waals surface area contributed by atoms with Crippen molar-refractivity contribution in [3.63, 3.8) is 0 Å². The number of rotatable bonds is 5. The fourth-order valence-electron chi connectivity index (χ4n) is 4.10. The first-order valence-corrected chi connectivity index (χ1v) is 11.6. The van der Waals surface area contributed by atoms with Crippen molar-refractivity contribution in [1.29, 1.82) is 0 Å². The molecule has 4 aromatic rings. The van der Waals surface area contributed by atoms with Crippen LogP contribution in [0.1, 0.15) is 19.3 Å². The standard InChI is InChI=1S/C22H22BrN5OS/c1-28-11-10-24-21(28)20-26-19(25-14-8-9-15(12-14)29-2)17-16(13-6-4-3-5-7-13)18(23)30-22(17)27-20/h3-7,10-11,14-15H,8-9,12H2,1-2H3,(H,25,26,27)/t14-,15+/m0/s1. The lowest BCUT2D eigenvalue weighted by Gasteiger charge is -2.16. The van der Waals surface area contributed by atoms with Crippen molar-refractivity contribution >= 4 is 43.3 Å². The minimum atomic E-state index is 0.302. The molecule has 0 aliphatic heterocycles. The summed E-state index contributed by atoms with van der Waals surface area (Å²) in [5.41, 5.74) is 2.28. The summed E-state index contributed by atoms with van der Waals surface area (Å²) in [7, 11) is 3.75. The molecule has 2 atom stereocenters. The van der Waals surface area contributed by atoms with Gasteiger partial charge >= 0.3 is 0 Å². The Bertz CT molecular complexity index is 1190. The van der Waals surface area contributed by atoms with E-state index in [9.17, 15) is 0 Å². The molecule has 1 aliphatic rings. The Morgan fingerprint density at radius 1 is 1.20 bits per heavy atom. The first-order chi connectivity index (χ1) is 14.6. The summed E-state index contributed by atoms with van der Waals surface area (Å²) in [5, 5.41) is 4.76. The number of anilines is 1. The number of imidazole rings is 1. The molecule has 1 aliphatic carbocycles. The van der Waals surface area contributed by atoms with Crippen LogP contribution in [0, 0.1) is 0 Å². The number of benzene rings is 1. The average molecular weight is 484 g/mol. The van der Waals surface area contributed by atoms with Gasteiger partial charge in [0.2, 0.25) is 0 Å². The zero-order chi connectivity index (χ0) is 20.7. The van der Waals surface area contributed by atoms with Gasteiger partial charge in [-0.15, -0.1) is 11.3 Å². The first kappa shape index (κ1) is 19.7. The molecule has 8 heteroatoms. The number of halogens is 1. The van der Waals surface area contributed by atoms with Crippen molar-refractivity contribution in [2.24, 2.45) is 7.05 Å². The van der Waals surface area contributed by atoms with Gasteiger partial charge in [0.15, 0.2) is 11.6 Å². The molecule has 3 heterocycles. The van der Waals surface area contributed by atoms with Crippen molar-refractivity contribution in [3.05, 3.63) is 46.5 Å². The van der Waals surface area contributed by atoms with Crippen molar-refractivity contribution in [3.8, 4) is 22.8 Å². The summed E-state index contributed by atoms with van der Waals surface area (Å²) in [4.78, 5) is 15.2. The maximum atomic E-state index is 5.57. The van der Waals surface area contributed by atoms with E-state index < -0.39 is 0 Å².